The van der Waals surface area contributed by atoms with E-state index in [4.69, 9.17) is 9.47 Å². The molecular formula is C51H76N6O10. The number of hydrogen-bond acceptors (Lipinski definition) is 10. The number of likely N-dealkylation sites (N-methyl/N-ethyl adjacent to an activating group) is 2. The highest BCUT2D eigenvalue weighted by Crippen LogP contribution is 2.37. The Labute approximate surface area is 397 Å². The summed E-state index contributed by atoms with van der Waals surface area (Å²) < 4.78 is 13.3. The Hall–Kier alpha value is -5.80. The van der Waals surface area contributed by atoms with E-state index in [9.17, 15) is 38.4 Å². The van der Waals surface area contributed by atoms with Crippen LogP contribution in [0.5, 0.6) is 0 Å². The summed E-state index contributed by atoms with van der Waals surface area (Å²) in [5.41, 5.74) is -1.64. The number of aromatic nitrogens is 1. The highest BCUT2D eigenvalue weighted by atomic mass is 16.6. The molecule has 0 aliphatic carbocycles. The molecule has 2 aromatic rings. The van der Waals surface area contributed by atoms with Crippen LogP contribution in [0.1, 0.15) is 128 Å². The summed E-state index contributed by atoms with van der Waals surface area (Å²) in [7, 11) is 5.04. The number of amides is 6. The molecule has 4 atom stereocenters. The van der Waals surface area contributed by atoms with E-state index < -0.39 is 87.8 Å². The van der Waals surface area contributed by atoms with Crippen LogP contribution < -0.4 is 10.6 Å². The van der Waals surface area contributed by atoms with Crippen molar-refractivity contribution in [3.8, 4) is 0 Å². The van der Waals surface area contributed by atoms with Gasteiger partial charge in [0.2, 0.25) is 17.7 Å². The van der Waals surface area contributed by atoms with Gasteiger partial charge < -0.3 is 29.6 Å². The summed E-state index contributed by atoms with van der Waals surface area (Å²) in [5, 5.41) is 6.69. The number of para-hydroxylation sites is 1. The molecule has 16 heteroatoms. The minimum Gasteiger partial charge on any atom is -0.458 e. The molecule has 370 valence electrons. The van der Waals surface area contributed by atoms with E-state index in [0.29, 0.717) is 0 Å². The Morgan fingerprint density at radius 1 is 0.791 bits per heavy atom. The summed E-state index contributed by atoms with van der Waals surface area (Å²) in [6.45, 7) is 25.0. The molecule has 0 saturated heterocycles. The van der Waals surface area contributed by atoms with E-state index in [-0.39, 0.29) is 49.5 Å². The monoisotopic (exact) mass is 933 g/mol. The predicted octanol–water partition coefficient (Wildman–Crippen LogP) is 6.53. The molecule has 67 heavy (non-hydrogen) atoms. The van der Waals surface area contributed by atoms with E-state index in [0.717, 1.165) is 21.4 Å². The molecule has 2 N–H and O–H groups in total. The topological polar surface area (TPSA) is 194 Å². The highest BCUT2D eigenvalue weighted by Gasteiger charge is 2.47. The SMILES string of the molecule is C/C(=C\C(C(C)C)N(C)C(=O)[C@@H](NC(=O)[C@@H](N(C)C(=O)OC(C)(C)C)C(C)(C)c1cn(C)c2ccccc12)C(C)(C)C)C(=O)N[C@H](CCC(=O)CCCN1C(=O)C=CC1=O)C(=O)OC(C)(C)C. The summed E-state index contributed by atoms with van der Waals surface area (Å²) in [6, 6.07) is 3.69. The minimum absolute atomic E-state index is 0.0560. The maximum atomic E-state index is 15.0. The third-order valence-corrected chi connectivity index (χ3v) is 11.7. The largest absolute Gasteiger partial charge is 0.458 e. The molecule has 1 aliphatic heterocycles. The molecule has 3 rings (SSSR count). The average molecular weight is 933 g/mol. The summed E-state index contributed by atoms with van der Waals surface area (Å²) in [4.78, 5) is 111. The van der Waals surface area contributed by atoms with Crippen LogP contribution in [0.25, 0.3) is 10.9 Å². The fourth-order valence-corrected chi connectivity index (χ4v) is 8.14. The molecule has 0 spiro atoms. The number of Topliss-reactive ketones (excluding diaryl/α,β-unsaturated/α-hetero) is 1. The van der Waals surface area contributed by atoms with Gasteiger partial charge in [0.15, 0.2) is 0 Å². The molecule has 1 aromatic heterocycles. The van der Waals surface area contributed by atoms with Gasteiger partial charge in [-0.1, -0.05) is 72.7 Å². The van der Waals surface area contributed by atoms with Crippen LogP contribution in [0.4, 0.5) is 4.79 Å². The molecule has 2 heterocycles. The van der Waals surface area contributed by atoms with Crippen LogP contribution in [-0.2, 0) is 55.5 Å². The molecule has 0 bridgehead atoms. The van der Waals surface area contributed by atoms with Crippen molar-refractivity contribution in [3.05, 3.63) is 59.8 Å². The number of imide groups is 1. The van der Waals surface area contributed by atoms with Gasteiger partial charge in [-0.05, 0) is 84.3 Å². The van der Waals surface area contributed by atoms with Crippen LogP contribution in [0.3, 0.4) is 0 Å². The molecule has 1 unspecified atom stereocenters. The van der Waals surface area contributed by atoms with E-state index >= 15 is 0 Å². The van der Waals surface area contributed by atoms with Gasteiger partial charge in [0, 0.05) is 80.8 Å². The van der Waals surface area contributed by atoms with Crippen LogP contribution in [0, 0.1) is 11.3 Å². The van der Waals surface area contributed by atoms with Gasteiger partial charge in [0.05, 0.1) is 6.04 Å². The van der Waals surface area contributed by atoms with Crippen LogP contribution in [0.2, 0.25) is 0 Å². The Kier molecular flexibility index (Phi) is 18.1. The Bertz CT molecular complexity index is 2230. The number of rotatable bonds is 19. The van der Waals surface area contributed by atoms with Gasteiger partial charge in [-0.3, -0.25) is 38.6 Å². The molecule has 0 saturated carbocycles. The van der Waals surface area contributed by atoms with Crippen molar-refractivity contribution in [3.63, 3.8) is 0 Å². The normalized spacial score (nSPS) is 15.6. The van der Waals surface area contributed by atoms with Gasteiger partial charge in [0.25, 0.3) is 11.8 Å². The van der Waals surface area contributed by atoms with Crippen molar-refractivity contribution in [2.45, 2.75) is 163 Å². The van der Waals surface area contributed by atoms with E-state index in [2.05, 4.69) is 10.6 Å². The minimum atomic E-state index is -1.19. The summed E-state index contributed by atoms with van der Waals surface area (Å²) >= 11 is 0. The zero-order chi connectivity index (χ0) is 51.1. The number of ketones is 1. The third-order valence-electron chi connectivity index (χ3n) is 11.7. The number of esters is 1. The number of benzene rings is 1. The first-order chi connectivity index (χ1) is 30.7. The van der Waals surface area contributed by atoms with Crippen molar-refractivity contribution in [1.82, 2.24) is 29.9 Å². The lowest BCUT2D eigenvalue weighted by Crippen LogP contribution is -2.63. The average Bonchev–Trinajstić information content (AvgIpc) is 3.71. The van der Waals surface area contributed by atoms with E-state index in [1.807, 2.05) is 90.5 Å². The molecular weight excluding hydrogens is 857 g/mol. The first-order valence-corrected chi connectivity index (χ1v) is 23.0. The standard InChI is InChI=1S/C51H76N6O10/c1-31(2)38(29-32(3)43(61)52-36(46(64)66-49(7,8)9)25-24-33(58)21-20-28-57-39(59)26-27-40(57)60)55(16)45(63)41(48(4,5)6)53-44(62)42(56(17)47(65)67-50(10,11)12)51(13,14)35-30-54(15)37-23-19-18-22-34(35)37/h18-19,22-23,26-27,29-31,36,38,41-42H,20-21,24-25,28H2,1-17H3,(H,52,61)(H,53,62)/b32-29+/t36-,38?,41-,42-/m1/s1. The molecule has 1 aromatic carbocycles. The lowest BCUT2D eigenvalue weighted by Gasteiger charge is -2.42. The zero-order valence-corrected chi connectivity index (χ0v) is 42.9. The number of ether oxygens (including phenoxy) is 2. The van der Waals surface area contributed by atoms with Crippen LogP contribution in [0.15, 0.2) is 54.3 Å². The number of aryl methyl sites for hydroxylation is 1. The van der Waals surface area contributed by atoms with Gasteiger partial charge >= 0.3 is 12.1 Å². The van der Waals surface area contributed by atoms with E-state index in [1.54, 1.807) is 61.6 Å². The van der Waals surface area contributed by atoms with Gasteiger partial charge in [0.1, 0.15) is 35.1 Å². The second kappa shape index (κ2) is 21.9. The first-order valence-electron chi connectivity index (χ1n) is 23.0. The molecule has 1 aliphatic rings. The lowest BCUT2D eigenvalue weighted by atomic mass is 9.76. The molecule has 0 radical (unpaired) electrons. The summed E-state index contributed by atoms with van der Waals surface area (Å²) in [5.74, 6) is -3.67. The first kappa shape index (κ1) is 55.5. The smallest absolute Gasteiger partial charge is 0.410 e. The Morgan fingerprint density at radius 2 is 1.36 bits per heavy atom. The predicted molar refractivity (Wildman–Crippen MR) is 257 cm³/mol. The number of carbonyl (C=O) groups excluding carboxylic acids is 8. The maximum absolute atomic E-state index is 15.0. The number of carbonyl (C=O) groups is 8. The number of hydrogen-bond donors (Lipinski definition) is 2. The van der Waals surface area contributed by atoms with Crippen molar-refractivity contribution in [1.29, 1.82) is 0 Å². The summed E-state index contributed by atoms with van der Waals surface area (Å²) in [6.07, 6.45) is 5.40. The Morgan fingerprint density at radius 3 is 1.90 bits per heavy atom. The van der Waals surface area contributed by atoms with Crippen molar-refractivity contribution in [2.24, 2.45) is 18.4 Å². The fraction of sp³-hybridized carbons (Fsp3) is 0.608. The van der Waals surface area contributed by atoms with Gasteiger partial charge in [-0.25, -0.2) is 9.59 Å². The molecule has 16 nitrogen and oxygen atoms in total. The molecule has 6 amide bonds. The fourth-order valence-electron chi connectivity index (χ4n) is 8.14. The number of nitrogens with zero attached hydrogens (tertiary/aromatic N) is 4. The lowest BCUT2D eigenvalue weighted by molar-refractivity contribution is -0.158. The second-order valence-corrected chi connectivity index (χ2v) is 21.6. The third kappa shape index (κ3) is 14.8. The number of fused-ring (bicyclic) bond motifs is 1. The Balaban J connectivity index is 1.91. The quantitative estimate of drug-likeness (QED) is 0.0889. The zero-order valence-electron chi connectivity index (χ0n) is 42.9. The second-order valence-electron chi connectivity index (χ2n) is 21.6. The molecule has 0 fully saturated rings. The van der Waals surface area contributed by atoms with Crippen molar-refractivity contribution in [2.75, 3.05) is 20.6 Å². The number of nitrogens with one attached hydrogen (secondary N) is 2. The maximum Gasteiger partial charge on any atom is 0.410 e. The van der Waals surface area contributed by atoms with Crippen LogP contribution >= 0.6 is 0 Å². The highest BCUT2D eigenvalue weighted by molar-refractivity contribution is 6.12. The van der Waals surface area contributed by atoms with Gasteiger partial charge in [-0.15, -0.1) is 0 Å². The van der Waals surface area contributed by atoms with E-state index in [1.165, 1.54) is 29.0 Å². The van der Waals surface area contributed by atoms with Crippen molar-refractivity contribution >= 4 is 58.3 Å². The van der Waals surface area contributed by atoms with Crippen LogP contribution in [-0.4, -0.2) is 123 Å². The van der Waals surface area contributed by atoms with Gasteiger partial charge in [-0.2, -0.15) is 0 Å². The van der Waals surface area contributed by atoms with Crippen molar-refractivity contribution < 1.29 is 47.8 Å².